The smallest absolute Gasteiger partial charge is 0.316 e. The van der Waals surface area contributed by atoms with E-state index >= 15 is 0 Å². The Morgan fingerprint density at radius 1 is 1.21 bits per heavy atom. The Morgan fingerprint density at radius 3 is 2.71 bits per heavy atom. The number of fused-ring (bicyclic) bond motifs is 1. The fourth-order valence-corrected chi connectivity index (χ4v) is 2.78. The molecule has 126 valence electrons. The zero-order chi connectivity index (χ0) is 16.9. The molecule has 1 aliphatic rings. The maximum Gasteiger partial charge on any atom is 0.407 e. The Hall–Kier alpha value is -2.35. The van der Waals surface area contributed by atoms with Crippen molar-refractivity contribution in [1.82, 2.24) is 19.2 Å². The summed E-state index contributed by atoms with van der Waals surface area (Å²) >= 11 is 0. The van der Waals surface area contributed by atoms with E-state index in [1.54, 1.807) is 0 Å². The molecule has 3 heterocycles. The van der Waals surface area contributed by atoms with Gasteiger partial charge >= 0.3 is 6.18 Å². The molecule has 5 nitrogen and oxygen atoms in total. The molecule has 0 saturated heterocycles. The Labute approximate surface area is 135 Å². The van der Waals surface area contributed by atoms with Crippen LogP contribution in [-0.4, -0.2) is 25.3 Å². The minimum absolute atomic E-state index is 0.0534. The van der Waals surface area contributed by atoms with Crippen molar-refractivity contribution >= 4 is 5.65 Å². The van der Waals surface area contributed by atoms with E-state index in [1.165, 1.54) is 29.3 Å². The van der Waals surface area contributed by atoms with Crippen molar-refractivity contribution in [2.45, 2.75) is 37.5 Å². The van der Waals surface area contributed by atoms with Crippen molar-refractivity contribution in [3.05, 3.63) is 53.7 Å². The highest BCUT2D eigenvalue weighted by atomic mass is 19.4. The van der Waals surface area contributed by atoms with Crippen LogP contribution < -0.4 is 5.73 Å². The number of nitrogens with two attached hydrogens (primary N) is 1. The predicted molar refractivity (Wildman–Crippen MR) is 81.5 cm³/mol. The Morgan fingerprint density at radius 2 is 2.00 bits per heavy atom. The number of halogens is 3. The normalized spacial score (nSPS) is 16.7. The minimum Gasteiger partial charge on any atom is -0.316 e. The van der Waals surface area contributed by atoms with Crippen molar-refractivity contribution < 1.29 is 13.2 Å². The standard InChI is InChI=1S/C16H16F3N5/c17-16(18,19)15(20)12-5-21-24(7-12)9-13-8-23-6-11(10-1-2-10)3-4-14(23)22-13/h3-8,10,15H,1-2,9,20H2. The van der Waals surface area contributed by atoms with Crippen molar-refractivity contribution in [3.63, 3.8) is 0 Å². The minimum atomic E-state index is -4.48. The van der Waals surface area contributed by atoms with Gasteiger partial charge in [0.25, 0.3) is 0 Å². The number of pyridine rings is 1. The molecule has 4 rings (SSSR count). The molecular formula is C16H16F3N5. The van der Waals surface area contributed by atoms with E-state index in [4.69, 9.17) is 5.73 Å². The molecule has 0 radical (unpaired) electrons. The lowest BCUT2D eigenvalue weighted by atomic mass is 10.2. The number of rotatable bonds is 4. The SMILES string of the molecule is NC(c1cnn(Cc2cn3cc(C4CC4)ccc3n2)c1)C(F)(F)F. The monoisotopic (exact) mass is 335 g/mol. The first-order valence-electron chi connectivity index (χ1n) is 7.72. The van der Waals surface area contributed by atoms with E-state index in [0.29, 0.717) is 12.5 Å². The molecule has 1 aliphatic carbocycles. The van der Waals surface area contributed by atoms with E-state index in [2.05, 4.69) is 22.3 Å². The molecule has 1 fully saturated rings. The largest absolute Gasteiger partial charge is 0.407 e. The van der Waals surface area contributed by atoms with Crippen molar-refractivity contribution in [3.8, 4) is 0 Å². The number of nitrogens with zero attached hydrogens (tertiary/aromatic N) is 4. The molecule has 3 aromatic heterocycles. The van der Waals surface area contributed by atoms with Crippen LogP contribution in [0.2, 0.25) is 0 Å². The molecule has 0 spiro atoms. The van der Waals surface area contributed by atoms with Gasteiger partial charge in [0.15, 0.2) is 0 Å². The Kier molecular flexibility index (Phi) is 3.38. The molecule has 3 aromatic rings. The van der Waals surface area contributed by atoms with Gasteiger partial charge in [0, 0.05) is 24.2 Å². The van der Waals surface area contributed by atoms with Crippen molar-refractivity contribution in [2.75, 3.05) is 0 Å². The zero-order valence-corrected chi connectivity index (χ0v) is 12.7. The van der Waals surface area contributed by atoms with E-state index in [1.807, 2.05) is 16.7 Å². The third-order valence-electron chi connectivity index (χ3n) is 4.26. The third-order valence-corrected chi connectivity index (χ3v) is 4.26. The van der Waals surface area contributed by atoms with Crippen LogP contribution in [0.1, 0.15) is 41.6 Å². The third kappa shape index (κ3) is 2.89. The summed E-state index contributed by atoms with van der Waals surface area (Å²) in [4.78, 5) is 4.48. The summed E-state index contributed by atoms with van der Waals surface area (Å²) in [5.74, 6) is 0.651. The molecular weight excluding hydrogens is 319 g/mol. The van der Waals surface area contributed by atoms with Crippen LogP contribution >= 0.6 is 0 Å². The first-order chi connectivity index (χ1) is 11.4. The molecule has 0 aliphatic heterocycles. The lowest BCUT2D eigenvalue weighted by Gasteiger charge is -2.12. The Bertz CT molecular complexity index is 875. The molecule has 1 saturated carbocycles. The van der Waals surface area contributed by atoms with Crippen molar-refractivity contribution in [2.24, 2.45) is 5.73 Å². The highest BCUT2D eigenvalue weighted by Crippen LogP contribution is 2.39. The number of imidazole rings is 1. The van der Waals surface area contributed by atoms with E-state index in [0.717, 1.165) is 17.5 Å². The molecule has 0 aromatic carbocycles. The van der Waals surface area contributed by atoms with Crippen molar-refractivity contribution in [1.29, 1.82) is 0 Å². The Balaban J connectivity index is 1.55. The molecule has 1 atom stereocenters. The molecule has 2 N–H and O–H groups in total. The van der Waals surface area contributed by atoms with Crippen LogP contribution in [0.15, 0.2) is 36.9 Å². The molecule has 24 heavy (non-hydrogen) atoms. The van der Waals surface area contributed by atoms with E-state index in [-0.39, 0.29) is 5.56 Å². The van der Waals surface area contributed by atoms with Gasteiger partial charge in [-0.3, -0.25) is 4.68 Å². The molecule has 1 unspecified atom stereocenters. The summed E-state index contributed by atoms with van der Waals surface area (Å²) in [7, 11) is 0. The molecule has 0 amide bonds. The summed E-state index contributed by atoms with van der Waals surface area (Å²) < 4.78 is 41.3. The topological polar surface area (TPSA) is 61.1 Å². The molecule has 0 bridgehead atoms. The number of hydrogen-bond acceptors (Lipinski definition) is 3. The lowest BCUT2D eigenvalue weighted by Crippen LogP contribution is -2.28. The predicted octanol–water partition coefficient (Wildman–Crippen LogP) is 3.02. The number of hydrogen-bond donors (Lipinski definition) is 1. The second-order valence-corrected chi connectivity index (χ2v) is 6.22. The summed E-state index contributed by atoms with van der Waals surface area (Å²) in [5.41, 5.74) is 7.98. The maximum absolute atomic E-state index is 12.6. The second kappa shape index (κ2) is 5.34. The van der Waals surface area contributed by atoms with Gasteiger partial charge in [-0.05, 0) is 30.4 Å². The average molecular weight is 335 g/mol. The van der Waals surface area contributed by atoms with Gasteiger partial charge in [0.1, 0.15) is 11.7 Å². The van der Waals surface area contributed by atoms with Crippen LogP contribution in [0.25, 0.3) is 5.65 Å². The van der Waals surface area contributed by atoms with Gasteiger partial charge in [-0.15, -0.1) is 0 Å². The molecule has 8 heteroatoms. The van der Waals surface area contributed by atoms with Crippen LogP contribution in [0, 0.1) is 0 Å². The van der Waals surface area contributed by atoms with Gasteiger partial charge in [-0.1, -0.05) is 6.07 Å². The summed E-state index contributed by atoms with van der Waals surface area (Å²) in [6.07, 6.45) is 4.39. The van der Waals surface area contributed by atoms with Crippen LogP contribution in [-0.2, 0) is 6.54 Å². The van der Waals surface area contributed by atoms with Crippen LogP contribution in [0.3, 0.4) is 0 Å². The van der Waals surface area contributed by atoms with E-state index in [9.17, 15) is 13.2 Å². The summed E-state index contributed by atoms with van der Waals surface area (Å²) in [5, 5.41) is 3.96. The fourth-order valence-electron chi connectivity index (χ4n) is 2.78. The van der Waals surface area contributed by atoms with Gasteiger partial charge < -0.3 is 10.1 Å². The fraction of sp³-hybridized carbons (Fsp3) is 0.375. The highest BCUT2D eigenvalue weighted by Gasteiger charge is 2.38. The van der Waals surface area contributed by atoms with Gasteiger partial charge in [0.05, 0.1) is 18.4 Å². The van der Waals surface area contributed by atoms with Crippen LogP contribution in [0.4, 0.5) is 13.2 Å². The van der Waals surface area contributed by atoms with Gasteiger partial charge in [-0.2, -0.15) is 18.3 Å². The number of aromatic nitrogens is 4. The highest BCUT2D eigenvalue weighted by molar-refractivity contribution is 5.42. The number of alkyl halides is 3. The summed E-state index contributed by atoms with van der Waals surface area (Å²) in [6.45, 7) is 0.297. The first kappa shape index (κ1) is 15.2. The second-order valence-electron chi connectivity index (χ2n) is 6.22. The summed E-state index contributed by atoms with van der Waals surface area (Å²) in [6, 6.07) is 2.03. The van der Waals surface area contributed by atoms with E-state index < -0.39 is 12.2 Å². The average Bonchev–Trinajstić information content (AvgIpc) is 3.14. The van der Waals surface area contributed by atoms with Gasteiger partial charge in [0.2, 0.25) is 0 Å². The lowest BCUT2D eigenvalue weighted by molar-refractivity contribution is -0.149. The maximum atomic E-state index is 12.6. The quantitative estimate of drug-likeness (QED) is 0.797. The van der Waals surface area contributed by atoms with Gasteiger partial charge in [-0.25, -0.2) is 4.98 Å². The zero-order valence-electron chi connectivity index (χ0n) is 12.7. The first-order valence-corrected chi connectivity index (χ1v) is 7.72. The van der Waals surface area contributed by atoms with Crippen LogP contribution in [0.5, 0.6) is 0 Å².